The van der Waals surface area contributed by atoms with Crippen LogP contribution < -0.4 is 27.4 Å². The number of carbonyl (C=O) groups excluding carboxylic acids is 4. The Balaban J connectivity index is 3.01. The number of benzene rings is 1. The first-order chi connectivity index (χ1) is 15.9. The van der Waals surface area contributed by atoms with E-state index in [1.165, 1.54) is 0 Å². The molecule has 0 aliphatic heterocycles. The Morgan fingerprint density at radius 2 is 1.29 bits per heavy atom. The van der Waals surface area contributed by atoms with E-state index in [0.717, 1.165) is 0 Å². The van der Waals surface area contributed by atoms with Gasteiger partial charge in [-0.25, -0.2) is 4.79 Å². The molecule has 0 aliphatic carbocycles. The molecule has 34 heavy (non-hydrogen) atoms. The van der Waals surface area contributed by atoms with Gasteiger partial charge in [-0.3, -0.25) is 24.0 Å². The molecule has 4 atom stereocenters. The lowest BCUT2D eigenvalue weighted by Gasteiger charge is -2.24. The topological polar surface area (TPSA) is 251 Å². The van der Waals surface area contributed by atoms with E-state index in [9.17, 15) is 33.9 Å². The molecule has 0 aliphatic rings. The zero-order valence-electron chi connectivity index (χ0n) is 18.0. The first-order valence-electron chi connectivity index (χ1n) is 9.99. The van der Waals surface area contributed by atoms with Gasteiger partial charge in [-0.05, 0) is 5.56 Å². The number of carbonyl (C=O) groups is 6. The number of aliphatic hydroxyl groups excluding tert-OH is 1. The van der Waals surface area contributed by atoms with Gasteiger partial charge in [-0.15, -0.1) is 0 Å². The van der Waals surface area contributed by atoms with Crippen LogP contribution in [0.15, 0.2) is 30.3 Å². The molecule has 0 heterocycles. The summed E-state index contributed by atoms with van der Waals surface area (Å²) in [6.45, 7) is -0.780. The summed E-state index contributed by atoms with van der Waals surface area (Å²) in [6.07, 6.45) is -1.75. The van der Waals surface area contributed by atoms with Crippen molar-refractivity contribution in [2.75, 3.05) is 6.61 Å². The van der Waals surface area contributed by atoms with Crippen LogP contribution in [0.1, 0.15) is 18.4 Å². The van der Waals surface area contributed by atoms with Crippen molar-refractivity contribution in [3.05, 3.63) is 35.9 Å². The SMILES string of the molecule is NC(=O)CC(NC(=O)C(CC(=O)O)NC(=O)C(N)CO)C(=O)NC(Cc1ccccc1)C(=O)O. The monoisotopic (exact) mass is 481 g/mol. The van der Waals surface area contributed by atoms with Crippen molar-refractivity contribution in [1.82, 2.24) is 16.0 Å². The summed E-state index contributed by atoms with van der Waals surface area (Å²) in [5.41, 5.74) is 11.0. The fourth-order valence-corrected chi connectivity index (χ4v) is 2.75. The van der Waals surface area contributed by atoms with Crippen LogP contribution >= 0.6 is 0 Å². The Morgan fingerprint density at radius 3 is 1.76 bits per heavy atom. The summed E-state index contributed by atoms with van der Waals surface area (Å²) >= 11 is 0. The third-order valence-electron chi connectivity index (χ3n) is 4.48. The molecular weight excluding hydrogens is 454 g/mol. The highest BCUT2D eigenvalue weighted by Crippen LogP contribution is 2.05. The van der Waals surface area contributed by atoms with E-state index in [0.29, 0.717) is 5.56 Å². The van der Waals surface area contributed by atoms with E-state index >= 15 is 0 Å². The molecule has 14 nitrogen and oxygen atoms in total. The quantitative estimate of drug-likeness (QED) is 0.130. The van der Waals surface area contributed by atoms with Crippen molar-refractivity contribution in [3.8, 4) is 0 Å². The Labute approximate surface area is 193 Å². The second-order valence-corrected chi connectivity index (χ2v) is 7.27. The average Bonchev–Trinajstić information content (AvgIpc) is 2.76. The summed E-state index contributed by atoms with van der Waals surface area (Å²) in [7, 11) is 0. The van der Waals surface area contributed by atoms with Gasteiger partial charge in [0.25, 0.3) is 0 Å². The molecule has 0 saturated heterocycles. The molecule has 186 valence electrons. The number of primary amides is 1. The fourth-order valence-electron chi connectivity index (χ4n) is 2.75. The van der Waals surface area contributed by atoms with Crippen LogP contribution in [0, 0.1) is 0 Å². The molecule has 10 N–H and O–H groups in total. The second kappa shape index (κ2) is 13.5. The normalized spacial score (nSPS) is 14.1. The maximum Gasteiger partial charge on any atom is 0.326 e. The van der Waals surface area contributed by atoms with Crippen LogP contribution in [0.4, 0.5) is 0 Å². The fraction of sp³-hybridized carbons (Fsp3) is 0.400. The van der Waals surface area contributed by atoms with Gasteiger partial charge >= 0.3 is 11.9 Å². The van der Waals surface area contributed by atoms with Crippen molar-refractivity contribution in [2.45, 2.75) is 43.4 Å². The summed E-state index contributed by atoms with van der Waals surface area (Å²) in [5.74, 6) is -7.15. The Kier molecular flexibility index (Phi) is 11.1. The predicted octanol–water partition coefficient (Wildman–Crippen LogP) is -3.56. The van der Waals surface area contributed by atoms with Gasteiger partial charge in [0.2, 0.25) is 23.6 Å². The van der Waals surface area contributed by atoms with E-state index in [4.69, 9.17) is 21.7 Å². The van der Waals surface area contributed by atoms with Crippen LogP contribution in [-0.2, 0) is 35.2 Å². The third-order valence-corrected chi connectivity index (χ3v) is 4.48. The molecule has 0 spiro atoms. The number of hydrogen-bond acceptors (Lipinski definition) is 8. The number of amides is 4. The number of aliphatic hydroxyl groups is 1. The van der Waals surface area contributed by atoms with Crippen LogP contribution in [0.25, 0.3) is 0 Å². The molecule has 0 aromatic heterocycles. The van der Waals surface area contributed by atoms with Crippen LogP contribution in [0.2, 0.25) is 0 Å². The molecule has 1 aromatic rings. The molecule has 0 radical (unpaired) electrons. The highest BCUT2D eigenvalue weighted by molar-refractivity contribution is 5.97. The molecule has 1 rings (SSSR count). The molecular formula is C20H27N5O9. The van der Waals surface area contributed by atoms with Crippen LogP contribution in [0.5, 0.6) is 0 Å². The number of aliphatic carboxylic acids is 2. The van der Waals surface area contributed by atoms with Gasteiger partial charge in [-0.2, -0.15) is 0 Å². The van der Waals surface area contributed by atoms with Crippen molar-refractivity contribution in [1.29, 1.82) is 0 Å². The molecule has 0 fully saturated rings. The van der Waals surface area contributed by atoms with Crippen molar-refractivity contribution >= 4 is 35.6 Å². The number of rotatable bonds is 14. The number of nitrogens with one attached hydrogen (secondary N) is 3. The minimum absolute atomic E-state index is 0.101. The number of hydrogen-bond donors (Lipinski definition) is 8. The summed E-state index contributed by atoms with van der Waals surface area (Å²) in [5, 5.41) is 33.7. The molecule has 4 unspecified atom stereocenters. The number of carboxylic acids is 2. The molecule has 1 aromatic carbocycles. The van der Waals surface area contributed by atoms with Crippen molar-refractivity contribution < 1.29 is 44.1 Å². The highest BCUT2D eigenvalue weighted by atomic mass is 16.4. The summed E-state index contributed by atoms with van der Waals surface area (Å²) < 4.78 is 0. The van der Waals surface area contributed by atoms with E-state index < -0.39 is 79.2 Å². The van der Waals surface area contributed by atoms with Gasteiger partial charge in [0.15, 0.2) is 0 Å². The molecule has 14 heteroatoms. The lowest BCUT2D eigenvalue weighted by atomic mass is 10.0. The second-order valence-electron chi connectivity index (χ2n) is 7.27. The molecule has 0 bridgehead atoms. The Hall–Kier alpha value is -4.04. The number of carboxylic acid groups (broad SMARTS) is 2. The Bertz CT molecular complexity index is 909. The molecule has 0 saturated carbocycles. The van der Waals surface area contributed by atoms with Gasteiger partial charge in [0.1, 0.15) is 24.2 Å². The number of nitrogens with two attached hydrogens (primary N) is 2. The summed E-state index contributed by atoms with van der Waals surface area (Å²) in [4.78, 5) is 71.3. The third kappa shape index (κ3) is 9.62. The van der Waals surface area contributed by atoms with E-state index in [2.05, 4.69) is 10.6 Å². The summed E-state index contributed by atoms with van der Waals surface area (Å²) in [6, 6.07) is 2.10. The highest BCUT2D eigenvalue weighted by Gasteiger charge is 2.32. The van der Waals surface area contributed by atoms with Crippen molar-refractivity contribution in [2.24, 2.45) is 11.5 Å². The minimum Gasteiger partial charge on any atom is -0.481 e. The minimum atomic E-state index is -1.72. The standard InChI is InChI=1S/C20H27N5O9/c21-11(9-26)17(30)23-13(8-16(28)29)19(32)24-12(7-15(22)27)18(31)25-14(20(33)34)6-10-4-2-1-3-5-10/h1-5,11-14,26H,6-9,21H2,(H2,22,27)(H,23,30)(H,24,32)(H,25,31)(H,28,29)(H,33,34). The Morgan fingerprint density at radius 1 is 0.794 bits per heavy atom. The van der Waals surface area contributed by atoms with Crippen molar-refractivity contribution in [3.63, 3.8) is 0 Å². The first kappa shape index (κ1) is 28.0. The largest absolute Gasteiger partial charge is 0.481 e. The van der Waals surface area contributed by atoms with Gasteiger partial charge < -0.3 is 42.7 Å². The van der Waals surface area contributed by atoms with Gasteiger partial charge in [0.05, 0.1) is 19.4 Å². The lowest BCUT2D eigenvalue weighted by molar-refractivity contribution is -0.143. The van der Waals surface area contributed by atoms with E-state index in [1.54, 1.807) is 30.3 Å². The first-order valence-corrected chi connectivity index (χ1v) is 9.99. The van der Waals surface area contributed by atoms with Gasteiger partial charge in [0, 0.05) is 6.42 Å². The maximum atomic E-state index is 12.7. The predicted molar refractivity (Wildman–Crippen MR) is 115 cm³/mol. The molecule has 4 amide bonds. The lowest BCUT2D eigenvalue weighted by Crippen LogP contribution is -2.58. The van der Waals surface area contributed by atoms with Gasteiger partial charge in [-0.1, -0.05) is 30.3 Å². The van der Waals surface area contributed by atoms with Crippen LogP contribution in [0.3, 0.4) is 0 Å². The maximum absolute atomic E-state index is 12.7. The average molecular weight is 481 g/mol. The van der Waals surface area contributed by atoms with E-state index in [1.807, 2.05) is 5.32 Å². The van der Waals surface area contributed by atoms with Crippen LogP contribution in [-0.4, -0.2) is 81.7 Å². The van der Waals surface area contributed by atoms with E-state index in [-0.39, 0.29) is 6.42 Å². The zero-order chi connectivity index (χ0) is 25.8. The smallest absolute Gasteiger partial charge is 0.326 e. The zero-order valence-corrected chi connectivity index (χ0v) is 18.0.